The first kappa shape index (κ1) is 15.9. The molecule has 0 radical (unpaired) electrons. The van der Waals surface area contributed by atoms with Gasteiger partial charge >= 0.3 is 0 Å². The summed E-state index contributed by atoms with van der Waals surface area (Å²) >= 11 is 0. The Morgan fingerprint density at radius 3 is 2.79 bits per heavy atom. The lowest BCUT2D eigenvalue weighted by molar-refractivity contribution is 0.229. The third-order valence-electron chi connectivity index (χ3n) is 2.77. The third kappa shape index (κ3) is 7.13. The molecule has 1 aromatic rings. The molecule has 0 aromatic carbocycles. The van der Waals surface area contributed by atoms with Crippen molar-refractivity contribution in [2.75, 3.05) is 13.2 Å². The second-order valence-corrected chi connectivity index (χ2v) is 4.95. The van der Waals surface area contributed by atoms with Crippen LogP contribution in [0.5, 0.6) is 5.88 Å². The second kappa shape index (κ2) is 9.75. The predicted molar refractivity (Wildman–Crippen MR) is 77.3 cm³/mol. The van der Waals surface area contributed by atoms with Crippen molar-refractivity contribution in [2.45, 2.75) is 52.2 Å². The van der Waals surface area contributed by atoms with Crippen LogP contribution in [0.2, 0.25) is 0 Å². The Labute approximate surface area is 116 Å². The van der Waals surface area contributed by atoms with Gasteiger partial charge in [-0.2, -0.15) is 0 Å². The van der Waals surface area contributed by atoms with Gasteiger partial charge in [0.2, 0.25) is 5.88 Å². The number of aliphatic hydroxyl groups is 1. The van der Waals surface area contributed by atoms with Gasteiger partial charge in [-0.1, -0.05) is 18.9 Å². The molecule has 1 aromatic heterocycles. The molecule has 1 heterocycles. The molecule has 108 valence electrons. The summed E-state index contributed by atoms with van der Waals surface area (Å²) < 4.78 is 5.68. The third-order valence-corrected chi connectivity index (χ3v) is 2.77. The van der Waals surface area contributed by atoms with Gasteiger partial charge in [0.05, 0.1) is 6.10 Å². The van der Waals surface area contributed by atoms with E-state index in [0.717, 1.165) is 50.2 Å². The van der Waals surface area contributed by atoms with Crippen LogP contribution in [-0.4, -0.2) is 29.3 Å². The number of pyridine rings is 1. The SMILES string of the molecule is CC(C)Oc1ncccc1CNCCCCCCO. The summed E-state index contributed by atoms with van der Waals surface area (Å²) in [5.74, 6) is 0.727. The summed E-state index contributed by atoms with van der Waals surface area (Å²) in [6.07, 6.45) is 6.22. The van der Waals surface area contributed by atoms with Crippen molar-refractivity contribution < 1.29 is 9.84 Å². The number of rotatable bonds is 10. The maximum atomic E-state index is 8.68. The summed E-state index contributed by atoms with van der Waals surface area (Å²) in [5, 5.41) is 12.1. The van der Waals surface area contributed by atoms with E-state index in [1.807, 2.05) is 26.0 Å². The van der Waals surface area contributed by atoms with Crippen LogP contribution in [0, 0.1) is 0 Å². The van der Waals surface area contributed by atoms with Crippen LogP contribution in [0.4, 0.5) is 0 Å². The first-order chi connectivity index (χ1) is 9.24. The Balaban J connectivity index is 2.25. The molecule has 0 spiro atoms. The molecular formula is C15H26N2O2. The molecule has 0 atom stereocenters. The van der Waals surface area contributed by atoms with Crippen molar-refractivity contribution in [3.8, 4) is 5.88 Å². The number of aliphatic hydroxyl groups excluding tert-OH is 1. The van der Waals surface area contributed by atoms with Gasteiger partial charge in [-0.25, -0.2) is 4.98 Å². The Morgan fingerprint density at radius 2 is 2.05 bits per heavy atom. The van der Waals surface area contributed by atoms with Crippen molar-refractivity contribution in [2.24, 2.45) is 0 Å². The van der Waals surface area contributed by atoms with Crippen LogP contribution in [0.3, 0.4) is 0 Å². The van der Waals surface area contributed by atoms with Gasteiger partial charge in [0.25, 0.3) is 0 Å². The highest BCUT2D eigenvalue weighted by Crippen LogP contribution is 2.15. The van der Waals surface area contributed by atoms with E-state index < -0.39 is 0 Å². The molecule has 0 bridgehead atoms. The number of nitrogens with zero attached hydrogens (tertiary/aromatic N) is 1. The second-order valence-electron chi connectivity index (χ2n) is 4.95. The molecule has 1 rings (SSSR count). The molecule has 0 aliphatic rings. The maximum Gasteiger partial charge on any atom is 0.218 e. The van der Waals surface area contributed by atoms with Crippen molar-refractivity contribution in [3.63, 3.8) is 0 Å². The predicted octanol–water partition coefficient (Wildman–Crippen LogP) is 2.51. The molecule has 19 heavy (non-hydrogen) atoms. The molecule has 0 amide bonds. The van der Waals surface area contributed by atoms with Crippen LogP contribution in [0.15, 0.2) is 18.3 Å². The number of hydrogen-bond acceptors (Lipinski definition) is 4. The molecule has 2 N–H and O–H groups in total. The van der Waals surface area contributed by atoms with Gasteiger partial charge in [0.1, 0.15) is 0 Å². The Kier molecular flexibility index (Phi) is 8.18. The minimum Gasteiger partial charge on any atom is -0.475 e. The van der Waals surface area contributed by atoms with E-state index in [4.69, 9.17) is 9.84 Å². The lowest BCUT2D eigenvalue weighted by atomic mass is 10.2. The van der Waals surface area contributed by atoms with Crippen LogP contribution in [-0.2, 0) is 6.54 Å². The number of unbranched alkanes of at least 4 members (excludes halogenated alkanes) is 3. The lowest BCUT2D eigenvalue weighted by Gasteiger charge is -2.13. The fourth-order valence-corrected chi connectivity index (χ4v) is 1.83. The van der Waals surface area contributed by atoms with Gasteiger partial charge in [-0.05, 0) is 39.3 Å². The van der Waals surface area contributed by atoms with E-state index in [2.05, 4.69) is 10.3 Å². The van der Waals surface area contributed by atoms with Crippen LogP contribution in [0.1, 0.15) is 45.1 Å². The number of hydrogen-bond donors (Lipinski definition) is 2. The quantitative estimate of drug-likeness (QED) is 0.639. The van der Waals surface area contributed by atoms with Gasteiger partial charge in [-0.3, -0.25) is 0 Å². The Morgan fingerprint density at radius 1 is 1.26 bits per heavy atom. The monoisotopic (exact) mass is 266 g/mol. The molecule has 4 nitrogen and oxygen atoms in total. The average molecular weight is 266 g/mol. The topological polar surface area (TPSA) is 54.4 Å². The van der Waals surface area contributed by atoms with Gasteiger partial charge < -0.3 is 15.2 Å². The van der Waals surface area contributed by atoms with Crippen molar-refractivity contribution in [3.05, 3.63) is 23.9 Å². The zero-order valence-corrected chi connectivity index (χ0v) is 12.1. The molecule has 0 fully saturated rings. The Hall–Kier alpha value is -1.13. The fraction of sp³-hybridized carbons (Fsp3) is 0.667. The molecule has 0 unspecified atom stereocenters. The van der Waals surface area contributed by atoms with Crippen molar-refractivity contribution in [1.82, 2.24) is 10.3 Å². The largest absolute Gasteiger partial charge is 0.475 e. The first-order valence-corrected chi connectivity index (χ1v) is 7.16. The maximum absolute atomic E-state index is 8.68. The normalized spacial score (nSPS) is 10.9. The van der Waals surface area contributed by atoms with E-state index in [-0.39, 0.29) is 6.10 Å². The standard InChI is InChI=1S/C15H26N2O2/c1-13(2)19-15-14(8-7-10-17-15)12-16-9-5-3-4-6-11-18/h7-8,10,13,16,18H,3-6,9,11-12H2,1-2H3. The van der Waals surface area contributed by atoms with Crippen molar-refractivity contribution in [1.29, 1.82) is 0 Å². The van der Waals surface area contributed by atoms with E-state index >= 15 is 0 Å². The number of nitrogens with one attached hydrogen (secondary N) is 1. The average Bonchev–Trinajstić information content (AvgIpc) is 2.39. The highest BCUT2D eigenvalue weighted by Gasteiger charge is 2.05. The summed E-state index contributed by atoms with van der Waals surface area (Å²) in [4.78, 5) is 4.27. The summed E-state index contributed by atoms with van der Waals surface area (Å²) in [7, 11) is 0. The van der Waals surface area contributed by atoms with Crippen LogP contribution in [0.25, 0.3) is 0 Å². The molecular weight excluding hydrogens is 240 g/mol. The molecule has 0 saturated carbocycles. The number of ether oxygens (including phenoxy) is 1. The molecule has 4 heteroatoms. The zero-order chi connectivity index (χ0) is 13.9. The highest BCUT2D eigenvalue weighted by molar-refractivity contribution is 5.25. The minimum atomic E-state index is 0.145. The van der Waals surface area contributed by atoms with Gasteiger partial charge in [-0.15, -0.1) is 0 Å². The fourth-order valence-electron chi connectivity index (χ4n) is 1.83. The van der Waals surface area contributed by atoms with Gasteiger partial charge in [0.15, 0.2) is 0 Å². The van der Waals surface area contributed by atoms with E-state index in [1.165, 1.54) is 0 Å². The highest BCUT2D eigenvalue weighted by atomic mass is 16.5. The summed E-state index contributed by atoms with van der Waals surface area (Å²) in [5.41, 5.74) is 1.10. The molecule has 0 aliphatic heterocycles. The van der Waals surface area contributed by atoms with Gasteiger partial charge in [0, 0.05) is 24.9 Å². The zero-order valence-electron chi connectivity index (χ0n) is 12.1. The minimum absolute atomic E-state index is 0.145. The van der Waals surface area contributed by atoms with Crippen LogP contribution >= 0.6 is 0 Å². The summed E-state index contributed by atoms with van der Waals surface area (Å²) in [6, 6.07) is 3.98. The Bertz CT molecular complexity index is 343. The van der Waals surface area contributed by atoms with Crippen LogP contribution < -0.4 is 10.1 Å². The number of aromatic nitrogens is 1. The lowest BCUT2D eigenvalue weighted by Crippen LogP contribution is -2.17. The van der Waals surface area contributed by atoms with E-state index in [0.29, 0.717) is 6.61 Å². The van der Waals surface area contributed by atoms with Crippen molar-refractivity contribution >= 4 is 0 Å². The first-order valence-electron chi connectivity index (χ1n) is 7.16. The smallest absolute Gasteiger partial charge is 0.218 e. The molecule has 0 aliphatic carbocycles. The summed E-state index contributed by atoms with van der Waals surface area (Å²) in [6.45, 7) is 6.09. The van der Waals surface area contributed by atoms with E-state index in [9.17, 15) is 0 Å². The van der Waals surface area contributed by atoms with E-state index in [1.54, 1.807) is 6.20 Å². The molecule has 0 saturated heterocycles.